The van der Waals surface area contributed by atoms with Gasteiger partial charge >= 0.3 is 6.09 Å². The number of thiophene rings is 1. The zero-order valence-corrected chi connectivity index (χ0v) is 17.3. The van der Waals surface area contributed by atoms with E-state index in [4.69, 9.17) is 4.74 Å². The summed E-state index contributed by atoms with van der Waals surface area (Å²) in [5.74, 6) is 0.402. The van der Waals surface area contributed by atoms with Gasteiger partial charge in [-0.05, 0) is 42.9 Å². The molecular formula is C21H24N2O5S. The molecule has 1 aliphatic carbocycles. The molecule has 1 aromatic heterocycles. The van der Waals surface area contributed by atoms with Crippen LogP contribution in [0.4, 0.5) is 9.80 Å². The van der Waals surface area contributed by atoms with Crippen molar-refractivity contribution < 1.29 is 23.9 Å². The Morgan fingerprint density at radius 2 is 1.97 bits per heavy atom. The van der Waals surface area contributed by atoms with Gasteiger partial charge in [0.05, 0.1) is 25.7 Å². The number of rotatable bonds is 6. The molecule has 0 bridgehead atoms. The first-order chi connectivity index (χ1) is 14.0. The van der Waals surface area contributed by atoms with Crippen LogP contribution < -0.4 is 15.4 Å². The minimum atomic E-state index is -0.826. The van der Waals surface area contributed by atoms with Crippen LogP contribution in [0.3, 0.4) is 0 Å². The molecule has 3 rings (SSSR count). The Hall–Kier alpha value is -2.87. The zero-order valence-electron chi connectivity index (χ0n) is 16.4. The third-order valence-electron chi connectivity index (χ3n) is 4.73. The van der Waals surface area contributed by atoms with Crippen molar-refractivity contribution in [1.82, 2.24) is 5.32 Å². The predicted octanol–water partition coefficient (Wildman–Crippen LogP) is 3.78. The Morgan fingerprint density at radius 3 is 2.69 bits per heavy atom. The van der Waals surface area contributed by atoms with Crippen molar-refractivity contribution in [2.75, 3.05) is 19.0 Å². The van der Waals surface area contributed by atoms with Crippen LogP contribution in [-0.2, 0) is 22.4 Å². The van der Waals surface area contributed by atoms with E-state index in [1.807, 2.05) is 30.3 Å². The van der Waals surface area contributed by atoms with Crippen molar-refractivity contribution in [1.29, 1.82) is 0 Å². The van der Waals surface area contributed by atoms with E-state index in [0.29, 0.717) is 22.2 Å². The summed E-state index contributed by atoms with van der Waals surface area (Å²) in [6.45, 7) is 2.39. The lowest BCUT2D eigenvalue weighted by atomic mass is 9.88. The van der Waals surface area contributed by atoms with Crippen LogP contribution in [0.2, 0.25) is 0 Å². The van der Waals surface area contributed by atoms with Gasteiger partial charge in [0.15, 0.2) is 0 Å². The maximum Gasteiger partial charge on any atom is 0.413 e. The van der Waals surface area contributed by atoms with Crippen molar-refractivity contribution in [2.45, 2.75) is 32.6 Å². The summed E-state index contributed by atoms with van der Waals surface area (Å²) in [6, 6.07) is 9.25. The van der Waals surface area contributed by atoms with E-state index in [-0.39, 0.29) is 18.9 Å². The first-order valence-corrected chi connectivity index (χ1v) is 10.3. The lowest BCUT2D eigenvalue weighted by Gasteiger charge is -2.18. The number of amides is 3. The van der Waals surface area contributed by atoms with Gasteiger partial charge in [0, 0.05) is 4.88 Å². The number of ether oxygens (including phenoxy) is 2. The molecule has 0 unspecified atom stereocenters. The highest BCUT2D eigenvalue weighted by atomic mass is 32.1. The monoisotopic (exact) mass is 416 g/mol. The number of nitrogens with one attached hydrogen (secondary N) is 2. The first kappa shape index (κ1) is 20.9. The molecule has 0 aliphatic heterocycles. The van der Waals surface area contributed by atoms with Crippen molar-refractivity contribution in [2.24, 2.45) is 5.92 Å². The highest BCUT2D eigenvalue weighted by Gasteiger charge is 2.29. The molecule has 1 aromatic carbocycles. The Morgan fingerprint density at radius 1 is 1.21 bits per heavy atom. The van der Waals surface area contributed by atoms with Crippen molar-refractivity contribution in [3.05, 3.63) is 46.3 Å². The van der Waals surface area contributed by atoms with E-state index in [1.165, 1.54) is 18.4 Å². The second-order valence-electron chi connectivity index (χ2n) is 6.96. The average molecular weight is 416 g/mol. The molecule has 1 heterocycles. The number of benzene rings is 1. The minimum Gasteiger partial charge on any atom is -0.493 e. The molecule has 7 nitrogen and oxygen atoms in total. The maximum atomic E-state index is 12.6. The largest absolute Gasteiger partial charge is 0.493 e. The van der Waals surface area contributed by atoms with Gasteiger partial charge in [0.1, 0.15) is 10.8 Å². The number of carbonyl (C=O) groups is 3. The molecule has 29 heavy (non-hydrogen) atoms. The third-order valence-corrected chi connectivity index (χ3v) is 5.90. The SMILES string of the molecule is COC(=O)NC(=O)c1c(NC(=O)CCOc2ccccc2)sc2c1CC[C@H](C)C2. The summed E-state index contributed by atoms with van der Waals surface area (Å²) in [5, 5.41) is 5.50. The van der Waals surface area contributed by atoms with Gasteiger partial charge in [0.25, 0.3) is 5.91 Å². The van der Waals surface area contributed by atoms with E-state index < -0.39 is 12.0 Å². The van der Waals surface area contributed by atoms with Crippen molar-refractivity contribution in [3.8, 4) is 5.75 Å². The number of hydrogen-bond acceptors (Lipinski definition) is 6. The fourth-order valence-corrected chi connectivity index (χ4v) is 4.68. The van der Waals surface area contributed by atoms with E-state index >= 15 is 0 Å². The number of methoxy groups -OCH3 is 1. The summed E-state index contributed by atoms with van der Waals surface area (Å²) in [6.07, 6.45) is 1.87. The number of alkyl carbamates (subject to hydrolysis) is 1. The second-order valence-corrected chi connectivity index (χ2v) is 8.07. The second kappa shape index (κ2) is 9.56. The van der Waals surface area contributed by atoms with Gasteiger partial charge in [-0.25, -0.2) is 4.79 Å². The van der Waals surface area contributed by atoms with Crippen LogP contribution in [0.5, 0.6) is 5.75 Å². The van der Waals surface area contributed by atoms with Crippen LogP contribution >= 0.6 is 11.3 Å². The minimum absolute atomic E-state index is 0.145. The molecule has 8 heteroatoms. The molecular weight excluding hydrogens is 392 g/mol. The summed E-state index contributed by atoms with van der Waals surface area (Å²) in [4.78, 5) is 37.6. The van der Waals surface area contributed by atoms with Gasteiger partial charge in [-0.3, -0.25) is 14.9 Å². The standard InChI is InChI=1S/C21H24N2O5S/c1-13-8-9-15-16(12-13)29-20(18(15)19(25)23-21(26)27-2)22-17(24)10-11-28-14-6-4-3-5-7-14/h3-7,13H,8-12H2,1-2H3,(H,22,24)(H,23,25,26)/t13-/m0/s1. The van der Waals surface area contributed by atoms with E-state index in [0.717, 1.165) is 29.7 Å². The summed E-state index contributed by atoms with van der Waals surface area (Å²) in [7, 11) is 1.20. The fourth-order valence-electron chi connectivity index (χ4n) is 3.25. The highest BCUT2D eigenvalue weighted by molar-refractivity contribution is 7.17. The summed E-state index contributed by atoms with van der Waals surface area (Å²) >= 11 is 1.40. The Kier molecular flexibility index (Phi) is 6.87. The summed E-state index contributed by atoms with van der Waals surface area (Å²) < 4.78 is 10.1. The van der Waals surface area contributed by atoms with Crippen LogP contribution in [0.1, 0.15) is 40.6 Å². The molecule has 3 amide bonds. The average Bonchev–Trinajstić information content (AvgIpc) is 3.05. The van der Waals surface area contributed by atoms with Crippen LogP contribution in [0.15, 0.2) is 30.3 Å². The van der Waals surface area contributed by atoms with Crippen LogP contribution in [0.25, 0.3) is 0 Å². The van der Waals surface area contributed by atoms with Gasteiger partial charge in [-0.2, -0.15) is 0 Å². The van der Waals surface area contributed by atoms with Gasteiger partial charge < -0.3 is 14.8 Å². The molecule has 0 radical (unpaired) electrons. The molecule has 0 saturated heterocycles. The lowest BCUT2D eigenvalue weighted by molar-refractivity contribution is -0.116. The van der Waals surface area contributed by atoms with E-state index in [1.54, 1.807) is 0 Å². The first-order valence-electron chi connectivity index (χ1n) is 9.49. The highest BCUT2D eigenvalue weighted by Crippen LogP contribution is 2.39. The number of anilines is 1. The van der Waals surface area contributed by atoms with Crippen molar-refractivity contribution >= 4 is 34.2 Å². The Bertz CT molecular complexity index is 894. The molecule has 154 valence electrons. The molecule has 0 saturated carbocycles. The Labute approximate surface area is 173 Å². The maximum absolute atomic E-state index is 12.6. The number of para-hydroxylation sites is 1. The van der Waals surface area contributed by atoms with Gasteiger partial charge in [-0.1, -0.05) is 25.1 Å². The quantitative estimate of drug-likeness (QED) is 0.748. The molecule has 1 atom stereocenters. The number of fused-ring (bicyclic) bond motifs is 1. The fraction of sp³-hybridized carbons (Fsp3) is 0.381. The van der Waals surface area contributed by atoms with Gasteiger partial charge in [-0.15, -0.1) is 11.3 Å². The topological polar surface area (TPSA) is 93.7 Å². The molecule has 0 fully saturated rings. The predicted molar refractivity (Wildman–Crippen MR) is 111 cm³/mol. The molecule has 2 aromatic rings. The lowest BCUT2D eigenvalue weighted by Crippen LogP contribution is -2.31. The van der Waals surface area contributed by atoms with Crippen molar-refractivity contribution in [3.63, 3.8) is 0 Å². The smallest absolute Gasteiger partial charge is 0.413 e. The normalized spacial score (nSPS) is 15.2. The third kappa shape index (κ3) is 5.35. The number of hydrogen-bond donors (Lipinski definition) is 2. The number of imide groups is 1. The Balaban J connectivity index is 1.70. The molecule has 1 aliphatic rings. The zero-order chi connectivity index (χ0) is 20.8. The molecule has 2 N–H and O–H groups in total. The van der Waals surface area contributed by atoms with Crippen LogP contribution in [-0.4, -0.2) is 31.6 Å². The molecule has 0 spiro atoms. The van der Waals surface area contributed by atoms with Crippen LogP contribution in [0, 0.1) is 5.92 Å². The summed E-state index contributed by atoms with van der Waals surface area (Å²) in [5.41, 5.74) is 1.27. The van der Waals surface area contributed by atoms with E-state index in [2.05, 4.69) is 22.3 Å². The van der Waals surface area contributed by atoms with E-state index in [9.17, 15) is 14.4 Å². The number of carbonyl (C=O) groups excluding carboxylic acids is 3. The van der Waals surface area contributed by atoms with Gasteiger partial charge in [0.2, 0.25) is 5.91 Å².